The number of nitrogens with zero attached hydrogens (tertiary/aromatic N) is 1. The smallest absolute Gasteiger partial charge is 0.230 e. The van der Waals surface area contributed by atoms with Crippen LogP contribution in [0.4, 0.5) is 5.82 Å². The Kier molecular flexibility index (Phi) is 3.79. The molecule has 0 aliphatic rings. The van der Waals surface area contributed by atoms with Gasteiger partial charge in [-0.3, -0.25) is 4.79 Å². The third-order valence-electron chi connectivity index (χ3n) is 3.31. The Morgan fingerprint density at radius 1 is 1.39 bits per heavy atom. The van der Waals surface area contributed by atoms with Gasteiger partial charge in [-0.25, -0.2) is 0 Å². The lowest BCUT2D eigenvalue weighted by atomic mass is 10.1. The molecule has 0 unspecified atom stereocenters. The molecule has 3 rings (SSSR count). The first-order chi connectivity index (χ1) is 10.9. The zero-order valence-corrected chi connectivity index (χ0v) is 12.7. The lowest BCUT2D eigenvalue weighted by molar-refractivity contribution is -0.255. The van der Waals surface area contributed by atoms with Crippen LogP contribution >= 0.6 is 11.6 Å². The van der Waals surface area contributed by atoms with Crippen LogP contribution in [-0.4, -0.2) is 22.0 Å². The van der Waals surface area contributed by atoms with E-state index in [4.69, 9.17) is 16.1 Å². The van der Waals surface area contributed by atoms with Gasteiger partial charge in [0.1, 0.15) is 5.76 Å². The van der Waals surface area contributed by atoms with E-state index in [1.54, 1.807) is 31.2 Å². The second kappa shape index (κ2) is 5.77. The number of carbonyl (C=O) groups is 2. The first kappa shape index (κ1) is 15.1. The Morgan fingerprint density at radius 3 is 2.83 bits per heavy atom. The fourth-order valence-corrected chi connectivity index (χ4v) is 2.52. The van der Waals surface area contributed by atoms with Crippen molar-refractivity contribution < 1.29 is 19.2 Å². The van der Waals surface area contributed by atoms with Gasteiger partial charge in [-0.05, 0) is 30.7 Å². The Morgan fingerprint density at radius 2 is 2.17 bits per heavy atom. The summed E-state index contributed by atoms with van der Waals surface area (Å²) in [5, 5.41) is 18.5. The number of carbonyl (C=O) groups excluding carboxylic acids is 2. The van der Waals surface area contributed by atoms with Crippen molar-refractivity contribution in [3.63, 3.8) is 0 Å². The van der Waals surface area contributed by atoms with Crippen molar-refractivity contribution >= 4 is 40.2 Å². The van der Waals surface area contributed by atoms with Crippen molar-refractivity contribution in [3.05, 3.63) is 46.3 Å². The lowest BCUT2D eigenvalue weighted by Crippen LogP contribution is -2.25. The Balaban J connectivity index is 1.94. The van der Waals surface area contributed by atoms with Gasteiger partial charge in [-0.1, -0.05) is 16.8 Å². The summed E-state index contributed by atoms with van der Waals surface area (Å²) >= 11 is 5.95. The third-order valence-corrected chi connectivity index (χ3v) is 3.54. The maximum absolute atomic E-state index is 12.1. The molecule has 2 heterocycles. The van der Waals surface area contributed by atoms with Gasteiger partial charge in [0.15, 0.2) is 5.82 Å². The molecule has 0 bridgehead atoms. The van der Waals surface area contributed by atoms with Gasteiger partial charge in [-0.2, -0.15) is 0 Å². The topological polar surface area (TPSA) is 111 Å². The summed E-state index contributed by atoms with van der Waals surface area (Å²) < 4.78 is 4.86. The molecule has 0 fully saturated rings. The van der Waals surface area contributed by atoms with Gasteiger partial charge in [0.2, 0.25) is 5.91 Å². The molecule has 23 heavy (non-hydrogen) atoms. The van der Waals surface area contributed by atoms with E-state index < -0.39 is 11.9 Å². The highest BCUT2D eigenvalue weighted by atomic mass is 35.5. The summed E-state index contributed by atoms with van der Waals surface area (Å²) in [4.78, 5) is 26.2. The molecule has 1 aromatic carbocycles. The number of hydrogen-bond acceptors (Lipinski definition) is 5. The van der Waals surface area contributed by atoms with Crippen LogP contribution in [0.2, 0.25) is 5.02 Å². The number of aryl methyl sites for hydroxylation is 1. The maximum Gasteiger partial charge on any atom is 0.230 e. The molecule has 8 heteroatoms. The van der Waals surface area contributed by atoms with Gasteiger partial charge >= 0.3 is 0 Å². The standard InChI is InChI=1S/C15H12ClN3O4/c1-7-4-12(19-23-7)18-13(20)6-10-9-5-8(16)2-3-11(9)17-14(10)15(21)22/h2-5,17H,6H2,1H3,(H,21,22)(H,18,19,20)/p-1. The summed E-state index contributed by atoms with van der Waals surface area (Å²) in [5.74, 6) is -1.01. The predicted molar refractivity (Wildman–Crippen MR) is 81.2 cm³/mol. The second-order valence-corrected chi connectivity index (χ2v) is 5.44. The molecule has 0 saturated carbocycles. The average molecular weight is 333 g/mol. The third kappa shape index (κ3) is 3.04. The highest BCUT2D eigenvalue weighted by molar-refractivity contribution is 6.31. The normalized spacial score (nSPS) is 10.9. The molecular formula is C15H11ClN3O4-. The molecule has 2 N–H and O–H groups in total. The molecular weight excluding hydrogens is 322 g/mol. The summed E-state index contributed by atoms with van der Waals surface area (Å²) in [6.07, 6.45) is -0.171. The quantitative estimate of drug-likeness (QED) is 0.754. The zero-order chi connectivity index (χ0) is 16.6. The van der Waals surface area contributed by atoms with Crippen molar-refractivity contribution in [3.8, 4) is 0 Å². The number of halogens is 1. The van der Waals surface area contributed by atoms with E-state index in [1.807, 2.05) is 0 Å². The number of rotatable bonds is 4. The number of aromatic carboxylic acids is 1. The lowest BCUT2D eigenvalue weighted by Gasteiger charge is -2.05. The number of carboxylic acid groups (broad SMARTS) is 1. The zero-order valence-electron chi connectivity index (χ0n) is 12.0. The number of H-pyrrole nitrogens is 1. The highest BCUT2D eigenvalue weighted by Crippen LogP contribution is 2.26. The van der Waals surface area contributed by atoms with E-state index >= 15 is 0 Å². The molecule has 3 aromatic rings. The van der Waals surface area contributed by atoms with Crippen LogP contribution in [0.3, 0.4) is 0 Å². The molecule has 0 aliphatic heterocycles. The second-order valence-electron chi connectivity index (χ2n) is 5.00. The SMILES string of the molecule is Cc1cc(NC(=O)Cc2c(C(=O)[O-])[nH]c3ccc(Cl)cc23)no1. The van der Waals surface area contributed by atoms with Gasteiger partial charge in [0, 0.05) is 22.0 Å². The number of hydrogen-bond donors (Lipinski definition) is 2. The summed E-state index contributed by atoms with van der Waals surface area (Å²) in [5.41, 5.74) is 0.725. The molecule has 0 radical (unpaired) electrons. The van der Waals surface area contributed by atoms with Crippen LogP contribution in [-0.2, 0) is 11.2 Å². The molecule has 118 valence electrons. The van der Waals surface area contributed by atoms with E-state index in [-0.39, 0.29) is 17.9 Å². The first-order valence-electron chi connectivity index (χ1n) is 6.68. The summed E-state index contributed by atoms with van der Waals surface area (Å²) in [7, 11) is 0. The van der Waals surface area contributed by atoms with Crippen molar-refractivity contribution in [2.45, 2.75) is 13.3 Å². The first-order valence-corrected chi connectivity index (χ1v) is 7.06. The average Bonchev–Trinajstić information content (AvgIpc) is 3.03. The largest absolute Gasteiger partial charge is 0.543 e. The molecule has 7 nitrogen and oxygen atoms in total. The van der Waals surface area contributed by atoms with Gasteiger partial charge in [-0.15, -0.1) is 0 Å². The summed E-state index contributed by atoms with van der Waals surface area (Å²) in [6.45, 7) is 1.69. The van der Waals surface area contributed by atoms with E-state index in [0.717, 1.165) is 0 Å². The van der Waals surface area contributed by atoms with Crippen LogP contribution in [0.15, 0.2) is 28.8 Å². The number of aromatic amines is 1. The molecule has 0 aliphatic carbocycles. The predicted octanol–water partition coefficient (Wildman–Crippen LogP) is 1.66. The minimum atomic E-state index is -1.39. The van der Waals surface area contributed by atoms with E-state index in [9.17, 15) is 14.7 Å². The minimum absolute atomic E-state index is 0.145. The van der Waals surface area contributed by atoms with Crippen molar-refractivity contribution in [1.82, 2.24) is 10.1 Å². The van der Waals surface area contributed by atoms with Gasteiger partial charge < -0.3 is 24.7 Å². The Bertz CT molecular complexity index is 913. The molecule has 1 amide bonds. The highest BCUT2D eigenvalue weighted by Gasteiger charge is 2.17. The van der Waals surface area contributed by atoms with E-state index in [2.05, 4.69) is 15.5 Å². The van der Waals surface area contributed by atoms with Gasteiger partial charge in [0.25, 0.3) is 0 Å². The Hall–Kier alpha value is -2.80. The van der Waals surface area contributed by atoms with E-state index in [0.29, 0.717) is 27.2 Å². The van der Waals surface area contributed by atoms with E-state index in [1.165, 1.54) is 0 Å². The fourth-order valence-electron chi connectivity index (χ4n) is 2.35. The fraction of sp³-hybridized carbons (Fsp3) is 0.133. The number of carboxylic acids is 1. The molecule has 0 spiro atoms. The van der Waals surface area contributed by atoms with Crippen LogP contribution in [0.25, 0.3) is 10.9 Å². The number of fused-ring (bicyclic) bond motifs is 1. The number of benzene rings is 1. The molecule has 0 saturated heterocycles. The van der Waals surface area contributed by atoms with Crippen molar-refractivity contribution in [1.29, 1.82) is 0 Å². The number of aromatic nitrogens is 2. The number of nitrogens with one attached hydrogen (secondary N) is 2. The number of anilines is 1. The number of amides is 1. The Labute approximate surface area is 135 Å². The van der Waals surface area contributed by atoms with Crippen LogP contribution in [0.1, 0.15) is 21.8 Å². The molecule has 0 atom stereocenters. The van der Waals surface area contributed by atoms with Gasteiger partial charge in [0.05, 0.1) is 18.1 Å². The van der Waals surface area contributed by atoms with Crippen molar-refractivity contribution in [2.24, 2.45) is 0 Å². The summed E-state index contributed by atoms with van der Waals surface area (Å²) in [6, 6.07) is 6.43. The van der Waals surface area contributed by atoms with Crippen LogP contribution in [0.5, 0.6) is 0 Å². The molecule has 2 aromatic heterocycles. The van der Waals surface area contributed by atoms with Crippen molar-refractivity contribution in [2.75, 3.05) is 5.32 Å². The maximum atomic E-state index is 12.1. The minimum Gasteiger partial charge on any atom is -0.543 e. The monoisotopic (exact) mass is 332 g/mol. The van der Waals surface area contributed by atoms with Crippen LogP contribution < -0.4 is 10.4 Å². The van der Waals surface area contributed by atoms with Crippen LogP contribution in [0, 0.1) is 6.92 Å².